The molecular formula is C22H35N5O. The molecule has 1 fully saturated rings. The highest BCUT2D eigenvalue weighted by Crippen LogP contribution is 2.19. The summed E-state index contributed by atoms with van der Waals surface area (Å²) in [5.41, 5.74) is 2.52. The molecular weight excluding hydrogens is 350 g/mol. The number of methoxy groups -OCH3 is 1. The quantitative estimate of drug-likeness (QED) is 0.408. The topological polar surface area (TPSA) is 52.1 Å². The molecule has 2 aliphatic heterocycles. The summed E-state index contributed by atoms with van der Waals surface area (Å²) >= 11 is 0. The Morgan fingerprint density at radius 1 is 1.21 bits per heavy atom. The van der Waals surface area contributed by atoms with Crippen LogP contribution in [-0.2, 0) is 11.3 Å². The zero-order valence-corrected chi connectivity index (χ0v) is 17.4. The van der Waals surface area contributed by atoms with E-state index in [0.29, 0.717) is 12.6 Å². The second-order valence-corrected chi connectivity index (χ2v) is 7.49. The Hall–Kier alpha value is -2.05. The highest BCUT2D eigenvalue weighted by molar-refractivity contribution is 5.80. The van der Waals surface area contributed by atoms with Crippen LogP contribution >= 0.6 is 0 Å². The lowest BCUT2D eigenvalue weighted by atomic mass is 10.1. The summed E-state index contributed by atoms with van der Waals surface area (Å²) in [4.78, 5) is 9.69. The third kappa shape index (κ3) is 6.24. The van der Waals surface area contributed by atoms with Gasteiger partial charge < -0.3 is 25.2 Å². The molecule has 2 heterocycles. The van der Waals surface area contributed by atoms with Crippen LogP contribution in [0.25, 0.3) is 0 Å². The standard InChI is InChI=1S/C22H35N5O/c1-3-23-22(25-20-9-13-26(14-10-20)15-16-28-2)24-18-19-7-6-8-21(17-19)27-11-4-5-12-27/h4-8,17,20H,3,9-16,18H2,1-2H3,(H2,23,24,25). The lowest BCUT2D eigenvalue weighted by molar-refractivity contribution is 0.128. The van der Waals surface area contributed by atoms with E-state index in [9.17, 15) is 0 Å². The van der Waals surface area contributed by atoms with Crippen molar-refractivity contribution in [1.29, 1.82) is 0 Å². The first-order valence-electron chi connectivity index (χ1n) is 10.5. The van der Waals surface area contributed by atoms with E-state index in [0.717, 1.165) is 64.7 Å². The molecule has 28 heavy (non-hydrogen) atoms. The highest BCUT2D eigenvalue weighted by Gasteiger charge is 2.19. The van der Waals surface area contributed by atoms with Crippen molar-refractivity contribution >= 4 is 11.6 Å². The third-order valence-electron chi connectivity index (χ3n) is 5.40. The molecule has 0 unspecified atom stereocenters. The molecule has 0 amide bonds. The Morgan fingerprint density at radius 2 is 2.00 bits per heavy atom. The molecule has 3 rings (SSSR count). The van der Waals surface area contributed by atoms with Crippen LogP contribution in [-0.4, -0.2) is 69.9 Å². The maximum atomic E-state index is 5.19. The SMILES string of the molecule is CCNC(=NCc1cccc(N2CC=CC2)c1)NC1CCN(CCOC)CC1. The van der Waals surface area contributed by atoms with Gasteiger partial charge in [-0.1, -0.05) is 24.3 Å². The molecule has 0 bridgehead atoms. The molecule has 0 aromatic heterocycles. The molecule has 1 saturated heterocycles. The first-order valence-corrected chi connectivity index (χ1v) is 10.5. The molecule has 2 aliphatic rings. The summed E-state index contributed by atoms with van der Waals surface area (Å²) in [6, 6.07) is 9.22. The van der Waals surface area contributed by atoms with Crippen molar-refractivity contribution in [3.63, 3.8) is 0 Å². The molecule has 1 aromatic rings. The van der Waals surface area contributed by atoms with Gasteiger partial charge in [0.1, 0.15) is 0 Å². The van der Waals surface area contributed by atoms with E-state index in [1.807, 2.05) is 0 Å². The Morgan fingerprint density at radius 3 is 2.71 bits per heavy atom. The van der Waals surface area contributed by atoms with Crippen LogP contribution in [0.5, 0.6) is 0 Å². The Kier molecular flexibility index (Phi) is 8.18. The fourth-order valence-electron chi connectivity index (χ4n) is 3.75. The fourth-order valence-corrected chi connectivity index (χ4v) is 3.75. The average Bonchev–Trinajstić information content (AvgIpc) is 3.27. The van der Waals surface area contributed by atoms with E-state index in [2.05, 4.69) is 63.8 Å². The molecule has 6 heteroatoms. The number of aliphatic imine (C=N–C) groups is 1. The predicted molar refractivity (Wildman–Crippen MR) is 117 cm³/mol. The van der Waals surface area contributed by atoms with Gasteiger partial charge in [-0.25, -0.2) is 4.99 Å². The Balaban J connectivity index is 1.52. The summed E-state index contributed by atoms with van der Waals surface area (Å²) in [5, 5.41) is 7.03. The van der Waals surface area contributed by atoms with Crippen LogP contribution < -0.4 is 15.5 Å². The molecule has 0 spiro atoms. The number of hydrogen-bond donors (Lipinski definition) is 2. The Bertz CT molecular complexity index is 644. The van der Waals surface area contributed by atoms with Gasteiger partial charge in [-0.2, -0.15) is 0 Å². The zero-order valence-electron chi connectivity index (χ0n) is 17.4. The number of nitrogens with one attached hydrogen (secondary N) is 2. The lowest BCUT2D eigenvalue weighted by Crippen LogP contribution is -2.49. The number of benzene rings is 1. The number of nitrogens with zero attached hydrogens (tertiary/aromatic N) is 3. The highest BCUT2D eigenvalue weighted by atomic mass is 16.5. The zero-order chi connectivity index (χ0) is 19.6. The maximum Gasteiger partial charge on any atom is 0.191 e. The molecule has 1 aromatic carbocycles. The number of guanidine groups is 1. The molecule has 0 aliphatic carbocycles. The smallest absolute Gasteiger partial charge is 0.191 e. The third-order valence-corrected chi connectivity index (χ3v) is 5.40. The van der Waals surface area contributed by atoms with Crippen molar-refractivity contribution < 1.29 is 4.74 Å². The number of likely N-dealkylation sites (tertiary alicyclic amines) is 1. The van der Waals surface area contributed by atoms with E-state index in [4.69, 9.17) is 9.73 Å². The second-order valence-electron chi connectivity index (χ2n) is 7.49. The van der Waals surface area contributed by atoms with Crippen LogP contribution in [0, 0.1) is 0 Å². The van der Waals surface area contributed by atoms with Gasteiger partial charge in [0.25, 0.3) is 0 Å². The van der Waals surface area contributed by atoms with Crippen molar-refractivity contribution in [3.05, 3.63) is 42.0 Å². The minimum absolute atomic E-state index is 0.485. The van der Waals surface area contributed by atoms with Crippen LogP contribution in [0.2, 0.25) is 0 Å². The van der Waals surface area contributed by atoms with Crippen LogP contribution in [0.3, 0.4) is 0 Å². The van der Waals surface area contributed by atoms with Gasteiger partial charge in [0.05, 0.1) is 13.2 Å². The molecule has 154 valence electrons. The van der Waals surface area contributed by atoms with Crippen LogP contribution in [0.4, 0.5) is 5.69 Å². The lowest BCUT2D eigenvalue weighted by Gasteiger charge is -2.32. The van der Waals surface area contributed by atoms with E-state index in [-0.39, 0.29) is 0 Å². The molecule has 0 radical (unpaired) electrons. The van der Waals surface area contributed by atoms with E-state index in [1.165, 1.54) is 11.3 Å². The van der Waals surface area contributed by atoms with Gasteiger partial charge in [0.2, 0.25) is 0 Å². The summed E-state index contributed by atoms with van der Waals surface area (Å²) < 4.78 is 5.19. The van der Waals surface area contributed by atoms with E-state index < -0.39 is 0 Å². The predicted octanol–water partition coefficient (Wildman–Crippen LogP) is 2.23. The van der Waals surface area contributed by atoms with Gasteiger partial charge in [-0.3, -0.25) is 0 Å². The van der Waals surface area contributed by atoms with Crippen molar-refractivity contribution in [1.82, 2.24) is 15.5 Å². The van der Waals surface area contributed by atoms with Gasteiger partial charge in [-0.15, -0.1) is 0 Å². The van der Waals surface area contributed by atoms with Crippen LogP contribution in [0.1, 0.15) is 25.3 Å². The van der Waals surface area contributed by atoms with Gasteiger partial charge in [0.15, 0.2) is 5.96 Å². The normalized spacial score (nSPS) is 18.6. The Labute approximate surface area is 169 Å². The van der Waals surface area contributed by atoms with E-state index >= 15 is 0 Å². The first-order chi connectivity index (χ1) is 13.8. The molecule has 6 nitrogen and oxygen atoms in total. The van der Waals surface area contributed by atoms with Crippen molar-refractivity contribution in [2.45, 2.75) is 32.4 Å². The number of rotatable bonds is 8. The van der Waals surface area contributed by atoms with Crippen molar-refractivity contribution in [2.24, 2.45) is 4.99 Å². The summed E-state index contributed by atoms with van der Waals surface area (Å²) in [5.74, 6) is 0.922. The average molecular weight is 386 g/mol. The van der Waals surface area contributed by atoms with Crippen molar-refractivity contribution in [3.8, 4) is 0 Å². The first kappa shape index (κ1) is 20.7. The molecule has 0 saturated carbocycles. The molecule has 0 atom stereocenters. The molecule has 2 N–H and O–H groups in total. The van der Waals surface area contributed by atoms with Gasteiger partial charge in [0, 0.05) is 58.1 Å². The number of ether oxygens (including phenoxy) is 1. The van der Waals surface area contributed by atoms with E-state index in [1.54, 1.807) is 7.11 Å². The minimum atomic E-state index is 0.485. The van der Waals surface area contributed by atoms with Gasteiger partial charge in [-0.05, 0) is 37.5 Å². The largest absolute Gasteiger partial charge is 0.383 e. The summed E-state index contributed by atoms with van der Waals surface area (Å²) in [7, 11) is 1.77. The maximum absolute atomic E-state index is 5.19. The number of piperidine rings is 1. The number of anilines is 1. The van der Waals surface area contributed by atoms with Crippen molar-refractivity contribution in [2.75, 3.05) is 57.9 Å². The van der Waals surface area contributed by atoms with Gasteiger partial charge >= 0.3 is 0 Å². The summed E-state index contributed by atoms with van der Waals surface area (Å²) in [6.45, 7) is 9.76. The minimum Gasteiger partial charge on any atom is -0.383 e. The second kappa shape index (κ2) is 11.1. The monoisotopic (exact) mass is 385 g/mol. The summed E-state index contributed by atoms with van der Waals surface area (Å²) in [6.07, 6.45) is 6.73. The number of hydrogen-bond acceptors (Lipinski definition) is 4. The van der Waals surface area contributed by atoms with Crippen LogP contribution in [0.15, 0.2) is 41.4 Å². The fraction of sp³-hybridized carbons (Fsp3) is 0.591.